The maximum Gasteiger partial charge on any atom is 0.300 e. The molecular weight excluding hydrogens is 469 g/mol. The molecule has 1 unspecified atom stereocenters. The third-order valence-electron chi connectivity index (χ3n) is 6.00. The van der Waals surface area contributed by atoms with Gasteiger partial charge in [-0.2, -0.15) is 0 Å². The SMILES string of the molecule is COc1ccc(/C(O)=C2/C(=O)C(=O)N(c3cccc(F)c3)C2c2ccc(Cl)cc2)cc1C(C)(C)C. The number of rotatable bonds is 4. The second-order valence-corrected chi connectivity index (χ2v) is 9.80. The molecule has 1 atom stereocenters. The van der Waals surface area contributed by atoms with Crippen molar-refractivity contribution in [1.29, 1.82) is 0 Å². The number of nitrogens with zero attached hydrogens (tertiary/aromatic N) is 1. The summed E-state index contributed by atoms with van der Waals surface area (Å²) in [5.41, 5.74) is 1.54. The second kappa shape index (κ2) is 9.19. The summed E-state index contributed by atoms with van der Waals surface area (Å²) in [4.78, 5) is 27.7. The van der Waals surface area contributed by atoms with E-state index >= 15 is 0 Å². The van der Waals surface area contributed by atoms with Crippen molar-refractivity contribution in [2.45, 2.75) is 32.2 Å². The predicted octanol–water partition coefficient (Wildman–Crippen LogP) is 6.41. The van der Waals surface area contributed by atoms with Crippen LogP contribution in [0.1, 0.15) is 43.5 Å². The summed E-state index contributed by atoms with van der Waals surface area (Å²) in [6.45, 7) is 6.02. The van der Waals surface area contributed by atoms with E-state index in [0.717, 1.165) is 5.56 Å². The fraction of sp³-hybridized carbons (Fsp3) is 0.214. The average Bonchev–Trinajstić information content (AvgIpc) is 3.08. The molecule has 7 heteroatoms. The van der Waals surface area contributed by atoms with Gasteiger partial charge in [0.05, 0.1) is 18.7 Å². The highest BCUT2D eigenvalue weighted by Crippen LogP contribution is 2.43. The minimum absolute atomic E-state index is 0.0911. The van der Waals surface area contributed by atoms with Crippen molar-refractivity contribution < 1.29 is 23.8 Å². The van der Waals surface area contributed by atoms with E-state index in [1.54, 1.807) is 55.6 Å². The minimum Gasteiger partial charge on any atom is -0.507 e. The number of amides is 1. The summed E-state index contributed by atoms with van der Waals surface area (Å²) in [6.07, 6.45) is 0. The van der Waals surface area contributed by atoms with Gasteiger partial charge in [0.1, 0.15) is 17.3 Å². The number of carbonyl (C=O) groups is 2. The lowest BCUT2D eigenvalue weighted by Crippen LogP contribution is -2.29. The van der Waals surface area contributed by atoms with E-state index in [-0.39, 0.29) is 22.4 Å². The second-order valence-electron chi connectivity index (χ2n) is 9.37. The van der Waals surface area contributed by atoms with Crippen LogP contribution in [0.2, 0.25) is 5.02 Å². The summed E-state index contributed by atoms with van der Waals surface area (Å²) in [5.74, 6) is -1.95. The lowest BCUT2D eigenvalue weighted by Gasteiger charge is -2.26. The molecule has 1 fully saturated rings. The Morgan fingerprint density at radius 2 is 1.71 bits per heavy atom. The molecule has 1 saturated heterocycles. The van der Waals surface area contributed by atoms with Gasteiger partial charge in [0, 0.05) is 21.8 Å². The number of hydrogen-bond donors (Lipinski definition) is 1. The topological polar surface area (TPSA) is 66.8 Å². The van der Waals surface area contributed by atoms with Gasteiger partial charge in [-0.05, 0) is 59.5 Å². The number of aliphatic hydroxyl groups is 1. The van der Waals surface area contributed by atoms with Gasteiger partial charge >= 0.3 is 0 Å². The van der Waals surface area contributed by atoms with Gasteiger partial charge in [-0.15, -0.1) is 0 Å². The van der Waals surface area contributed by atoms with Crippen LogP contribution in [-0.2, 0) is 15.0 Å². The Bertz CT molecular complexity index is 1340. The zero-order chi connectivity index (χ0) is 25.5. The van der Waals surface area contributed by atoms with E-state index in [4.69, 9.17) is 16.3 Å². The predicted molar refractivity (Wildman–Crippen MR) is 134 cm³/mol. The average molecular weight is 494 g/mol. The molecule has 1 heterocycles. The van der Waals surface area contributed by atoms with E-state index in [1.807, 2.05) is 20.8 Å². The van der Waals surface area contributed by atoms with Crippen molar-refractivity contribution in [2.24, 2.45) is 0 Å². The first-order chi connectivity index (χ1) is 16.5. The van der Waals surface area contributed by atoms with E-state index in [0.29, 0.717) is 21.9 Å². The first-order valence-electron chi connectivity index (χ1n) is 11.0. The quantitative estimate of drug-likeness (QED) is 0.259. The highest BCUT2D eigenvalue weighted by Gasteiger charge is 2.47. The van der Waals surface area contributed by atoms with Crippen molar-refractivity contribution in [1.82, 2.24) is 0 Å². The monoisotopic (exact) mass is 493 g/mol. The van der Waals surface area contributed by atoms with Crippen molar-refractivity contribution in [3.05, 3.63) is 99.8 Å². The van der Waals surface area contributed by atoms with Crippen molar-refractivity contribution >= 4 is 34.7 Å². The third kappa shape index (κ3) is 4.54. The zero-order valence-electron chi connectivity index (χ0n) is 19.8. The lowest BCUT2D eigenvalue weighted by molar-refractivity contribution is -0.132. The van der Waals surface area contributed by atoms with Gasteiger partial charge in [-0.3, -0.25) is 14.5 Å². The molecule has 1 aliphatic rings. The van der Waals surface area contributed by atoms with E-state index in [2.05, 4.69) is 0 Å². The van der Waals surface area contributed by atoms with Crippen LogP contribution in [0.25, 0.3) is 5.76 Å². The summed E-state index contributed by atoms with van der Waals surface area (Å²) in [6, 6.07) is 16.2. The van der Waals surface area contributed by atoms with Crippen LogP contribution in [0.3, 0.4) is 0 Å². The number of Topliss-reactive ketones (excluding diaryl/α,β-unsaturated/α-hetero) is 1. The van der Waals surface area contributed by atoms with Gasteiger partial charge in [0.15, 0.2) is 0 Å². The molecule has 1 N–H and O–H groups in total. The molecule has 180 valence electrons. The largest absolute Gasteiger partial charge is 0.507 e. The molecular formula is C28H25ClFNO4. The maximum atomic E-state index is 14.1. The number of hydrogen-bond acceptors (Lipinski definition) is 4. The Morgan fingerprint density at radius 1 is 1.03 bits per heavy atom. The fourth-order valence-corrected chi connectivity index (χ4v) is 4.41. The molecule has 3 aromatic rings. The van der Waals surface area contributed by atoms with Crippen LogP contribution in [0.5, 0.6) is 5.75 Å². The Kier molecular flexibility index (Phi) is 6.43. The van der Waals surface area contributed by atoms with E-state index in [1.165, 1.54) is 23.1 Å². The Labute approximate surface area is 208 Å². The van der Waals surface area contributed by atoms with Gasteiger partial charge in [-0.25, -0.2) is 4.39 Å². The van der Waals surface area contributed by atoms with Crippen LogP contribution in [0, 0.1) is 5.82 Å². The summed E-state index contributed by atoms with van der Waals surface area (Å²) in [7, 11) is 1.56. The third-order valence-corrected chi connectivity index (χ3v) is 6.25. The highest BCUT2D eigenvalue weighted by molar-refractivity contribution is 6.51. The molecule has 4 rings (SSSR count). The molecule has 3 aromatic carbocycles. The molecule has 35 heavy (non-hydrogen) atoms. The Morgan fingerprint density at radius 3 is 2.31 bits per heavy atom. The fourth-order valence-electron chi connectivity index (χ4n) is 4.28. The molecule has 0 saturated carbocycles. The number of benzene rings is 3. The number of ether oxygens (including phenoxy) is 1. The molecule has 0 bridgehead atoms. The first kappa shape index (κ1) is 24.5. The molecule has 0 spiro atoms. The highest BCUT2D eigenvalue weighted by atomic mass is 35.5. The molecule has 0 aromatic heterocycles. The first-order valence-corrected chi connectivity index (χ1v) is 11.4. The van der Waals surface area contributed by atoms with Gasteiger partial charge in [0.2, 0.25) is 0 Å². The van der Waals surface area contributed by atoms with Gasteiger partial charge < -0.3 is 9.84 Å². The molecule has 0 aliphatic carbocycles. The molecule has 5 nitrogen and oxygen atoms in total. The number of halogens is 2. The molecule has 0 radical (unpaired) electrons. The summed E-state index contributed by atoms with van der Waals surface area (Å²) >= 11 is 6.06. The molecule has 1 amide bonds. The Hall–Kier alpha value is -3.64. The number of ketones is 1. The summed E-state index contributed by atoms with van der Waals surface area (Å²) < 4.78 is 19.5. The van der Waals surface area contributed by atoms with Crippen molar-refractivity contribution in [3.8, 4) is 5.75 Å². The number of anilines is 1. The minimum atomic E-state index is -0.978. The normalized spacial score (nSPS) is 17.7. The molecule has 1 aliphatic heterocycles. The Balaban J connectivity index is 1.96. The van der Waals surface area contributed by atoms with Crippen molar-refractivity contribution in [2.75, 3.05) is 12.0 Å². The van der Waals surface area contributed by atoms with Crippen LogP contribution in [-0.4, -0.2) is 23.9 Å². The number of carbonyl (C=O) groups excluding carboxylic acids is 2. The van der Waals surface area contributed by atoms with Gasteiger partial charge in [-0.1, -0.05) is 50.6 Å². The number of aliphatic hydroxyl groups excluding tert-OH is 1. The van der Waals surface area contributed by atoms with E-state index in [9.17, 15) is 19.1 Å². The summed E-state index contributed by atoms with van der Waals surface area (Å²) in [5, 5.41) is 11.9. The van der Waals surface area contributed by atoms with Crippen LogP contribution >= 0.6 is 11.6 Å². The lowest BCUT2D eigenvalue weighted by atomic mass is 9.84. The van der Waals surface area contributed by atoms with Crippen molar-refractivity contribution in [3.63, 3.8) is 0 Å². The maximum absolute atomic E-state index is 14.1. The van der Waals surface area contributed by atoms with Gasteiger partial charge in [0.25, 0.3) is 11.7 Å². The van der Waals surface area contributed by atoms with E-state index < -0.39 is 23.5 Å². The van der Waals surface area contributed by atoms with Crippen LogP contribution in [0.4, 0.5) is 10.1 Å². The standard InChI is InChI=1S/C28H25ClFNO4/c1-28(2,3)21-14-17(10-13-22(21)35-4)25(32)23-24(16-8-11-18(29)12-9-16)31(27(34)26(23)33)20-7-5-6-19(30)15-20/h5-15,24,32H,1-4H3/b25-23-. The zero-order valence-corrected chi connectivity index (χ0v) is 20.6. The van der Waals surface area contributed by atoms with Crippen LogP contribution in [0.15, 0.2) is 72.3 Å². The smallest absolute Gasteiger partial charge is 0.300 e. The number of methoxy groups -OCH3 is 1. The van der Waals surface area contributed by atoms with Crippen LogP contribution < -0.4 is 9.64 Å².